The summed E-state index contributed by atoms with van der Waals surface area (Å²) < 4.78 is 26.9. The van der Waals surface area contributed by atoms with Gasteiger partial charge in [-0.1, -0.05) is 19.1 Å². The lowest BCUT2D eigenvalue weighted by molar-refractivity contribution is 0.384. The fourth-order valence-electron chi connectivity index (χ4n) is 2.54. The number of nitrogens with zero attached hydrogens (tertiary/aromatic N) is 3. The quantitative estimate of drug-likeness (QED) is 0.858. The van der Waals surface area contributed by atoms with Gasteiger partial charge in [-0.15, -0.1) is 11.3 Å². The number of piperazine rings is 1. The molecule has 5 nitrogen and oxygen atoms in total. The molecule has 7 heteroatoms. The molecular weight excluding hydrogens is 318 g/mol. The van der Waals surface area contributed by atoms with Crippen molar-refractivity contribution in [2.75, 3.05) is 31.1 Å². The van der Waals surface area contributed by atoms with Gasteiger partial charge in [0.15, 0.2) is 5.13 Å². The Morgan fingerprint density at radius 1 is 1.14 bits per heavy atom. The third-order valence-corrected chi connectivity index (χ3v) is 6.64. The summed E-state index contributed by atoms with van der Waals surface area (Å²) in [6.07, 6.45) is 2.69. The number of sulfonamides is 1. The molecule has 0 radical (unpaired) electrons. The topological polar surface area (TPSA) is 53.5 Å². The van der Waals surface area contributed by atoms with Gasteiger partial charge in [-0.25, -0.2) is 13.4 Å². The number of hydrogen-bond acceptors (Lipinski definition) is 5. The van der Waals surface area contributed by atoms with Crippen molar-refractivity contribution in [1.82, 2.24) is 9.29 Å². The Bertz CT molecular complexity index is 704. The molecule has 0 bridgehead atoms. The molecule has 0 unspecified atom stereocenters. The summed E-state index contributed by atoms with van der Waals surface area (Å²) in [6, 6.07) is 7.19. The van der Waals surface area contributed by atoms with Gasteiger partial charge in [0.2, 0.25) is 10.0 Å². The van der Waals surface area contributed by atoms with Crippen LogP contribution in [-0.4, -0.2) is 43.9 Å². The van der Waals surface area contributed by atoms with Crippen molar-refractivity contribution < 1.29 is 8.42 Å². The molecule has 1 aliphatic rings. The Labute approximate surface area is 135 Å². The smallest absolute Gasteiger partial charge is 0.243 e. The molecule has 118 valence electrons. The Kier molecular flexibility index (Phi) is 4.46. The van der Waals surface area contributed by atoms with E-state index in [0.29, 0.717) is 31.1 Å². The standard InChI is InChI=1S/C15H19N3O2S2/c1-2-13-3-5-14(6-4-13)22(19,20)18-10-8-17(9-11-18)15-16-7-12-21-15/h3-7,12H,2,8-11H2,1H3. The lowest BCUT2D eigenvalue weighted by atomic mass is 10.2. The van der Waals surface area contributed by atoms with Crippen molar-refractivity contribution in [2.45, 2.75) is 18.2 Å². The molecule has 1 aromatic heterocycles. The SMILES string of the molecule is CCc1ccc(S(=O)(=O)N2CCN(c3nccs3)CC2)cc1. The van der Waals surface area contributed by atoms with Crippen molar-refractivity contribution in [3.05, 3.63) is 41.4 Å². The Balaban J connectivity index is 1.71. The first-order valence-electron chi connectivity index (χ1n) is 7.35. The van der Waals surface area contributed by atoms with Gasteiger partial charge in [-0.3, -0.25) is 0 Å². The monoisotopic (exact) mass is 337 g/mol. The van der Waals surface area contributed by atoms with Gasteiger partial charge in [-0.2, -0.15) is 4.31 Å². The molecule has 2 aromatic rings. The third kappa shape index (κ3) is 3.02. The first-order valence-corrected chi connectivity index (χ1v) is 9.67. The van der Waals surface area contributed by atoms with Crippen molar-refractivity contribution in [3.63, 3.8) is 0 Å². The van der Waals surface area contributed by atoms with E-state index in [1.54, 1.807) is 34.0 Å². The highest BCUT2D eigenvalue weighted by Gasteiger charge is 2.29. The average molecular weight is 337 g/mol. The van der Waals surface area contributed by atoms with Crippen LogP contribution in [0.25, 0.3) is 0 Å². The average Bonchev–Trinajstić information content (AvgIpc) is 3.09. The van der Waals surface area contributed by atoms with Gasteiger partial charge in [0.05, 0.1) is 4.90 Å². The van der Waals surface area contributed by atoms with Crippen LogP contribution in [0.4, 0.5) is 5.13 Å². The maximum Gasteiger partial charge on any atom is 0.243 e. The summed E-state index contributed by atoms with van der Waals surface area (Å²) in [4.78, 5) is 6.80. The van der Waals surface area contributed by atoms with Crippen LogP contribution in [-0.2, 0) is 16.4 Å². The van der Waals surface area contributed by atoms with Crippen molar-refractivity contribution in [3.8, 4) is 0 Å². The lowest BCUT2D eigenvalue weighted by Crippen LogP contribution is -2.48. The molecule has 0 N–H and O–H groups in total. The van der Waals surface area contributed by atoms with E-state index in [9.17, 15) is 8.42 Å². The predicted molar refractivity (Wildman–Crippen MR) is 88.9 cm³/mol. The molecule has 1 saturated heterocycles. The zero-order chi connectivity index (χ0) is 15.6. The second kappa shape index (κ2) is 6.36. The Morgan fingerprint density at radius 3 is 2.36 bits per heavy atom. The first kappa shape index (κ1) is 15.5. The van der Waals surface area contributed by atoms with Crippen molar-refractivity contribution in [1.29, 1.82) is 0 Å². The third-order valence-electron chi connectivity index (χ3n) is 3.90. The summed E-state index contributed by atoms with van der Waals surface area (Å²) in [7, 11) is -3.39. The van der Waals surface area contributed by atoms with Gasteiger partial charge < -0.3 is 4.90 Å². The number of thiazole rings is 1. The van der Waals surface area contributed by atoms with E-state index < -0.39 is 10.0 Å². The van der Waals surface area contributed by atoms with Gasteiger partial charge in [-0.05, 0) is 24.1 Å². The van der Waals surface area contributed by atoms with Gasteiger partial charge >= 0.3 is 0 Å². The number of aryl methyl sites for hydroxylation is 1. The van der Waals surface area contributed by atoms with Crippen molar-refractivity contribution in [2.24, 2.45) is 0 Å². The number of benzene rings is 1. The number of hydrogen-bond donors (Lipinski definition) is 0. The summed E-state index contributed by atoms with van der Waals surface area (Å²) in [5.74, 6) is 0. The molecule has 3 rings (SSSR count). The molecule has 1 fully saturated rings. The fraction of sp³-hybridized carbons (Fsp3) is 0.400. The highest BCUT2D eigenvalue weighted by Crippen LogP contribution is 2.22. The molecule has 0 spiro atoms. The van der Waals surface area contributed by atoms with Crippen LogP contribution in [0, 0.1) is 0 Å². The maximum absolute atomic E-state index is 12.7. The van der Waals surface area contributed by atoms with Gasteiger partial charge in [0, 0.05) is 37.8 Å². The van der Waals surface area contributed by atoms with Crippen LogP contribution in [0.5, 0.6) is 0 Å². The van der Waals surface area contributed by atoms with E-state index in [1.165, 1.54) is 0 Å². The maximum atomic E-state index is 12.7. The molecule has 0 aliphatic carbocycles. The molecule has 0 atom stereocenters. The number of anilines is 1. The van der Waals surface area contributed by atoms with E-state index in [-0.39, 0.29) is 0 Å². The summed E-state index contributed by atoms with van der Waals surface area (Å²) in [6.45, 7) is 4.41. The van der Waals surface area contributed by atoms with E-state index in [0.717, 1.165) is 17.1 Å². The van der Waals surface area contributed by atoms with Crippen LogP contribution in [0.15, 0.2) is 40.7 Å². The second-order valence-electron chi connectivity index (χ2n) is 5.20. The molecule has 22 heavy (non-hydrogen) atoms. The van der Waals surface area contributed by atoms with Gasteiger partial charge in [0.25, 0.3) is 0 Å². The van der Waals surface area contributed by atoms with E-state index in [2.05, 4.69) is 16.8 Å². The molecule has 1 aromatic carbocycles. The summed E-state index contributed by atoms with van der Waals surface area (Å²) in [5.41, 5.74) is 1.15. The fourth-order valence-corrected chi connectivity index (χ4v) is 4.66. The summed E-state index contributed by atoms with van der Waals surface area (Å²) in [5, 5.41) is 2.90. The predicted octanol–water partition coefficient (Wildman–Crippen LogP) is 2.22. The van der Waals surface area contributed by atoms with E-state index in [4.69, 9.17) is 0 Å². The largest absolute Gasteiger partial charge is 0.345 e. The van der Waals surface area contributed by atoms with E-state index in [1.807, 2.05) is 17.5 Å². The zero-order valence-electron chi connectivity index (χ0n) is 12.5. The Morgan fingerprint density at radius 2 is 1.82 bits per heavy atom. The molecule has 1 aliphatic heterocycles. The van der Waals surface area contributed by atoms with Crippen LogP contribution in [0.1, 0.15) is 12.5 Å². The molecule has 2 heterocycles. The van der Waals surface area contributed by atoms with Crippen LogP contribution in [0.2, 0.25) is 0 Å². The van der Waals surface area contributed by atoms with E-state index >= 15 is 0 Å². The van der Waals surface area contributed by atoms with Crippen molar-refractivity contribution >= 4 is 26.5 Å². The number of aromatic nitrogens is 1. The minimum Gasteiger partial charge on any atom is -0.345 e. The molecule has 0 saturated carbocycles. The lowest BCUT2D eigenvalue weighted by Gasteiger charge is -2.33. The highest BCUT2D eigenvalue weighted by molar-refractivity contribution is 7.89. The Hall–Kier alpha value is -1.44. The first-order chi connectivity index (χ1) is 10.6. The van der Waals surface area contributed by atoms with Crippen LogP contribution >= 0.6 is 11.3 Å². The number of rotatable bonds is 4. The zero-order valence-corrected chi connectivity index (χ0v) is 14.1. The minimum absolute atomic E-state index is 0.382. The second-order valence-corrected chi connectivity index (χ2v) is 8.01. The van der Waals surface area contributed by atoms with Gasteiger partial charge in [0.1, 0.15) is 0 Å². The normalized spacial score (nSPS) is 16.9. The minimum atomic E-state index is -3.39. The van der Waals surface area contributed by atoms with Crippen LogP contribution in [0.3, 0.4) is 0 Å². The van der Waals surface area contributed by atoms with Crippen LogP contribution < -0.4 is 4.90 Å². The molecule has 0 amide bonds. The molecular formula is C15H19N3O2S2. The summed E-state index contributed by atoms with van der Waals surface area (Å²) >= 11 is 1.59. The highest BCUT2D eigenvalue weighted by atomic mass is 32.2.